The fraction of sp³-hybridized carbons (Fsp3) is 0.105. The Kier molecular flexibility index (Phi) is 6.18. The number of methoxy groups -OCH3 is 2. The molecule has 0 unspecified atom stereocenters. The van der Waals surface area contributed by atoms with E-state index in [1.54, 1.807) is 56.7 Å². The molecular formula is C19H16Cl2N4O3. The Hall–Kier alpha value is -3.03. The second-order valence-electron chi connectivity index (χ2n) is 5.57. The summed E-state index contributed by atoms with van der Waals surface area (Å²) in [5.74, 6) is 0.775. The zero-order valence-electron chi connectivity index (χ0n) is 15.0. The molecule has 28 heavy (non-hydrogen) atoms. The Morgan fingerprint density at radius 3 is 2.57 bits per heavy atom. The molecule has 0 saturated carbocycles. The first-order valence-corrected chi connectivity index (χ1v) is 8.84. The maximum atomic E-state index is 12.3. The number of hydrogen-bond acceptors (Lipinski definition) is 5. The maximum Gasteiger partial charge on any atom is 0.289 e. The molecule has 1 amide bonds. The third kappa shape index (κ3) is 4.27. The van der Waals surface area contributed by atoms with Gasteiger partial charge in [-0.25, -0.2) is 5.43 Å². The van der Waals surface area contributed by atoms with Gasteiger partial charge in [0.1, 0.15) is 17.2 Å². The maximum absolute atomic E-state index is 12.3. The van der Waals surface area contributed by atoms with Crippen molar-refractivity contribution in [2.24, 2.45) is 5.10 Å². The van der Waals surface area contributed by atoms with Crippen LogP contribution in [0.15, 0.2) is 47.6 Å². The van der Waals surface area contributed by atoms with Crippen molar-refractivity contribution in [3.05, 3.63) is 63.8 Å². The first kappa shape index (κ1) is 19.7. The number of hydrogen-bond donors (Lipinski definition) is 2. The Bertz CT molecular complexity index is 1010. The van der Waals surface area contributed by atoms with Crippen molar-refractivity contribution in [1.29, 1.82) is 0 Å². The van der Waals surface area contributed by atoms with E-state index in [0.29, 0.717) is 38.4 Å². The molecule has 7 nitrogen and oxygen atoms in total. The van der Waals surface area contributed by atoms with E-state index in [2.05, 4.69) is 20.7 Å². The highest BCUT2D eigenvalue weighted by atomic mass is 35.5. The molecule has 2 aromatic carbocycles. The van der Waals surface area contributed by atoms with Gasteiger partial charge in [0, 0.05) is 11.1 Å². The third-order valence-corrected chi connectivity index (χ3v) is 4.52. The van der Waals surface area contributed by atoms with Gasteiger partial charge in [-0.15, -0.1) is 0 Å². The van der Waals surface area contributed by atoms with Crippen LogP contribution >= 0.6 is 23.2 Å². The molecule has 0 aliphatic rings. The first-order chi connectivity index (χ1) is 13.5. The van der Waals surface area contributed by atoms with E-state index in [4.69, 9.17) is 32.7 Å². The number of ether oxygens (including phenoxy) is 2. The summed E-state index contributed by atoms with van der Waals surface area (Å²) < 4.78 is 10.6. The van der Waals surface area contributed by atoms with Crippen LogP contribution in [-0.4, -0.2) is 36.5 Å². The number of rotatable bonds is 6. The SMILES string of the molecule is COc1ccc(OC)c(-c2cc(C(=O)NN=Cc3c(Cl)cccc3Cl)[nH]n2)c1. The molecule has 144 valence electrons. The van der Waals surface area contributed by atoms with Crippen molar-refractivity contribution >= 4 is 35.3 Å². The lowest BCUT2D eigenvalue weighted by Gasteiger charge is -2.08. The minimum Gasteiger partial charge on any atom is -0.497 e. The van der Waals surface area contributed by atoms with Crippen molar-refractivity contribution < 1.29 is 14.3 Å². The predicted molar refractivity (Wildman–Crippen MR) is 109 cm³/mol. The number of halogens is 2. The smallest absolute Gasteiger partial charge is 0.289 e. The zero-order valence-corrected chi connectivity index (χ0v) is 16.5. The minimum atomic E-state index is -0.472. The molecule has 9 heteroatoms. The molecule has 0 atom stereocenters. The first-order valence-electron chi connectivity index (χ1n) is 8.08. The van der Waals surface area contributed by atoms with Gasteiger partial charge < -0.3 is 9.47 Å². The van der Waals surface area contributed by atoms with Gasteiger partial charge in [0.2, 0.25) is 0 Å². The lowest BCUT2D eigenvalue weighted by atomic mass is 10.1. The van der Waals surface area contributed by atoms with Gasteiger partial charge >= 0.3 is 0 Å². The molecule has 0 aliphatic heterocycles. The number of aromatic amines is 1. The Balaban J connectivity index is 1.77. The monoisotopic (exact) mass is 418 g/mol. The average Bonchev–Trinajstić information content (AvgIpc) is 3.19. The molecule has 0 fully saturated rings. The highest BCUT2D eigenvalue weighted by Gasteiger charge is 2.14. The largest absolute Gasteiger partial charge is 0.497 e. The molecule has 0 saturated heterocycles. The molecule has 3 aromatic rings. The molecule has 0 radical (unpaired) electrons. The van der Waals surface area contributed by atoms with E-state index in [1.165, 1.54) is 6.21 Å². The lowest BCUT2D eigenvalue weighted by Crippen LogP contribution is -2.18. The van der Waals surface area contributed by atoms with Crippen molar-refractivity contribution in [2.45, 2.75) is 0 Å². The Labute approximate surface area is 171 Å². The lowest BCUT2D eigenvalue weighted by molar-refractivity contribution is 0.0950. The highest BCUT2D eigenvalue weighted by Crippen LogP contribution is 2.32. The normalized spacial score (nSPS) is 10.9. The zero-order chi connectivity index (χ0) is 20.1. The van der Waals surface area contributed by atoms with E-state index < -0.39 is 5.91 Å². The number of benzene rings is 2. The Morgan fingerprint density at radius 1 is 1.14 bits per heavy atom. The third-order valence-electron chi connectivity index (χ3n) is 3.86. The number of aromatic nitrogens is 2. The molecule has 1 heterocycles. The second-order valence-corrected chi connectivity index (χ2v) is 6.38. The summed E-state index contributed by atoms with van der Waals surface area (Å²) >= 11 is 12.1. The van der Waals surface area contributed by atoms with Crippen molar-refractivity contribution in [2.75, 3.05) is 14.2 Å². The van der Waals surface area contributed by atoms with Crippen LogP contribution in [0.5, 0.6) is 11.5 Å². The summed E-state index contributed by atoms with van der Waals surface area (Å²) in [6.07, 6.45) is 1.38. The molecule has 0 aliphatic carbocycles. The number of amides is 1. The summed E-state index contributed by atoms with van der Waals surface area (Å²) in [7, 11) is 3.12. The van der Waals surface area contributed by atoms with Gasteiger partial charge in [-0.1, -0.05) is 29.3 Å². The van der Waals surface area contributed by atoms with E-state index in [-0.39, 0.29) is 5.69 Å². The summed E-state index contributed by atoms with van der Waals surface area (Å²) in [4.78, 5) is 12.3. The number of H-pyrrole nitrogens is 1. The van der Waals surface area contributed by atoms with E-state index in [0.717, 1.165) is 0 Å². The van der Waals surface area contributed by atoms with Crippen LogP contribution in [0.3, 0.4) is 0 Å². The predicted octanol–water partition coefficient (Wildman–Crippen LogP) is 4.16. The van der Waals surface area contributed by atoms with E-state index in [1.807, 2.05) is 0 Å². The van der Waals surface area contributed by atoms with Gasteiger partial charge in [-0.05, 0) is 36.4 Å². The average molecular weight is 419 g/mol. The molecule has 2 N–H and O–H groups in total. The number of carbonyl (C=O) groups excluding carboxylic acids is 1. The van der Waals surface area contributed by atoms with E-state index in [9.17, 15) is 4.79 Å². The van der Waals surface area contributed by atoms with E-state index >= 15 is 0 Å². The van der Waals surface area contributed by atoms with Crippen molar-refractivity contribution in [3.63, 3.8) is 0 Å². The van der Waals surface area contributed by atoms with Crippen molar-refractivity contribution in [1.82, 2.24) is 15.6 Å². The summed E-state index contributed by atoms with van der Waals surface area (Å²) in [5.41, 5.74) is 4.35. The highest BCUT2D eigenvalue weighted by molar-refractivity contribution is 6.38. The number of nitrogens with one attached hydrogen (secondary N) is 2. The van der Waals surface area contributed by atoms with Gasteiger partial charge in [0.15, 0.2) is 0 Å². The quantitative estimate of drug-likeness (QED) is 0.464. The second kappa shape index (κ2) is 8.77. The number of hydrazone groups is 1. The topological polar surface area (TPSA) is 88.6 Å². The molecular weight excluding hydrogens is 403 g/mol. The van der Waals surface area contributed by atoms with Crippen LogP contribution in [0.25, 0.3) is 11.3 Å². The minimum absolute atomic E-state index is 0.224. The van der Waals surface area contributed by atoms with Gasteiger partial charge in [0.25, 0.3) is 5.91 Å². The fourth-order valence-corrected chi connectivity index (χ4v) is 2.94. The van der Waals surface area contributed by atoms with Crippen molar-refractivity contribution in [3.8, 4) is 22.8 Å². The van der Waals surface area contributed by atoms with Crippen LogP contribution < -0.4 is 14.9 Å². The standard InChI is InChI=1S/C19H16Cl2N4O3/c1-27-11-6-7-18(28-2)12(8-11)16-9-17(24-23-16)19(26)25-22-10-13-14(20)4-3-5-15(13)21/h3-10H,1-2H3,(H,23,24)(H,25,26). The number of nitrogens with zero attached hydrogens (tertiary/aromatic N) is 2. The molecule has 0 spiro atoms. The fourth-order valence-electron chi connectivity index (χ4n) is 2.44. The number of carbonyl (C=O) groups is 1. The van der Waals surface area contributed by atoms with Gasteiger partial charge in [0.05, 0.1) is 36.2 Å². The van der Waals surface area contributed by atoms with Crippen LogP contribution in [-0.2, 0) is 0 Å². The summed E-state index contributed by atoms with van der Waals surface area (Å²) in [6.45, 7) is 0. The summed E-state index contributed by atoms with van der Waals surface area (Å²) in [6, 6.07) is 12.0. The Morgan fingerprint density at radius 2 is 1.89 bits per heavy atom. The molecule has 0 bridgehead atoms. The summed E-state index contributed by atoms with van der Waals surface area (Å²) in [5, 5.41) is 11.6. The van der Waals surface area contributed by atoms with Crippen LogP contribution in [0.2, 0.25) is 10.0 Å². The van der Waals surface area contributed by atoms with Gasteiger partial charge in [-0.2, -0.15) is 10.2 Å². The van der Waals surface area contributed by atoms with Crippen LogP contribution in [0.4, 0.5) is 0 Å². The van der Waals surface area contributed by atoms with Gasteiger partial charge in [-0.3, -0.25) is 9.89 Å². The molecule has 3 rings (SSSR count). The van der Waals surface area contributed by atoms with Crippen LogP contribution in [0, 0.1) is 0 Å². The van der Waals surface area contributed by atoms with Crippen LogP contribution in [0.1, 0.15) is 16.1 Å². The molecule has 1 aromatic heterocycles.